The second kappa shape index (κ2) is 12.9. The molecule has 1 fully saturated rings. The molecular weight excluding hydrogens is 596 g/mol. The average Bonchev–Trinajstić information content (AvgIpc) is 3.28. The van der Waals surface area contributed by atoms with E-state index in [1.165, 1.54) is 40.1 Å². The Morgan fingerprint density at radius 1 is 1.07 bits per heavy atom. The van der Waals surface area contributed by atoms with Gasteiger partial charge in [-0.3, -0.25) is 14.5 Å². The highest BCUT2D eigenvalue weighted by Crippen LogP contribution is 2.29. The van der Waals surface area contributed by atoms with Crippen LogP contribution < -0.4 is 10.7 Å². The minimum Gasteiger partial charge on any atom is -0.470 e. The molecule has 0 amide bonds. The van der Waals surface area contributed by atoms with Gasteiger partial charge < -0.3 is 14.1 Å². The van der Waals surface area contributed by atoms with Crippen molar-refractivity contribution in [2.24, 2.45) is 10.2 Å². The van der Waals surface area contributed by atoms with E-state index < -0.39 is 37.3 Å². The molecule has 0 aliphatic carbocycles. The first-order valence-corrected chi connectivity index (χ1v) is 13.2. The molecule has 4 aromatic rings. The molecule has 3 aromatic heterocycles. The summed E-state index contributed by atoms with van der Waals surface area (Å²) < 4.78 is 89.9. The van der Waals surface area contributed by atoms with Crippen LogP contribution in [0.1, 0.15) is 11.3 Å². The van der Waals surface area contributed by atoms with Gasteiger partial charge in [-0.25, -0.2) is 22.9 Å². The second-order valence-electron chi connectivity index (χ2n) is 9.82. The van der Waals surface area contributed by atoms with Gasteiger partial charge in [0, 0.05) is 62.5 Å². The number of benzene rings is 1. The molecule has 1 aliphatic rings. The standard InChI is InChI=1S/C28H25F6N7O3/c1-35-38-26(43-15-24(30)31)18-2-4-19(36-13-18)14-41-22-11-21(29)20(10-23(22)44-27(41)42)17-3-5-25(37-12-17)40-8-6-39(7-9-40)16-28(32,33)34/h2-5,10-13,24H,1,6-9,14-16H2/b38-26-. The Balaban J connectivity index is 1.30. The fourth-order valence-electron chi connectivity index (χ4n) is 4.76. The van der Waals surface area contributed by atoms with Crippen LogP contribution in [0.3, 0.4) is 0 Å². The minimum atomic E-state index is -4.25. The van der Waals surface area contributed by atoms with E-state index >= 15 is 4.39 Å². The summed E-state index contributed by atoms with van der Waals surface area (Å²) in [6.07, 6.45) is -4.22. The van der Waals surface area contributed by atoms with Gasteiger partial charge in [0.2, 0.25) is 5.90 Å². The number of fused-ring (bicyclic) bond motifs is 1. The zero-order valence-electron chi connectivity index (χ0n) is 23.0. The maximum Gasteiger partial charge on any atom is 0.420 e. The molecule has 1 saturated heterocycles. The number of halogens is 6. The second-order valence-corrected chi connectivity index (χ2v) is 9.82. The number of ether oxygens (including phenoxy) is 1. The predicted octanol–water partition coefficient (Wildman–Crippen LogP) is 4.57. The largest absolute Gasteiger partial charge is 0.470 e. The van der Waals surface area contributed by atoms with Crippen LogP contribution in [0.25, 0.3) is 22.2 Å². The number of oxazole rings is 1. The fourth-order valence-corrected chi connectivity index (χ4v) is 4.76. The Bertz CT molecular complexity index is 1690. The van der Waals surface area contributed by atoms with Crippen molar-refractivity contribution in [3.05, 3.63) is 76.4 Å². The van der Waals surface area contributed by atoms with Crippen LogP contribution in [0.5, 0.6) is 0 Å². The summed E-state index contributed by atoms with van der Waals surface area (Å²) in [6.45, 7) is 2.46. The molecule has 4 heterocycles. The summed E-state index contributed by atoms with van der Waals surface area (Å²) in [7, 11) is 0. The van der Waals surface area contributed by atoms with E-state index in [4.69, 9.17) is 9.15 Å². The van der Waals surface area contributed by atoms with E-state index in [9.17, 15) is 26.7 Å². The van der Waals surface area contributed by atoms with Gasteiger partial charge in [0.15, 0.2) is 12.2 Å². The number of piperazine rings is 1. The van der Waals surface area contributed by atoms with Crippen molar-refractivity contribution in [3.8, 4) is 11.1 Å². The lowest BCUT2D eigenvalue weighted by molar-refractivity contribution is -0.146. The van der Waals surface area contributed by atoms with Crippen molar-refractivity contribution < 1.29 is 35.5 Å². The summed E-state index contributed by atoms with van der Waals surface area (Å²) in [5, 5.41) is 6.89. The highest BCUT2D eigenvalue weighted by atomic mass is 19.4. The van der Waals surface area contributed by atoms with E-state index in [1.54, 1.807) is 12.1 Å². The number of aromatic nitrogens is 3. The maximum absolute atomic E-state index is 15.3. The highest BCUT2D eigenvalue weighted by molar-refractivity contribution is 5.93. The van der Waals surface area contributed by atoms with Crippen molar-refractivity contribution in [3.63, 3.8) is 0 Å². The number of alkyl halides is 5. The molecule has 5 rings (SSSR count). The van der Waals surface area contributed by atoms with Crippen molar-refractivity contribution >= 4 is 29.5 Å². The molecule has 0 radical (unpaired) electrons. The summed E-state index contributed by atoms with van der Waals surface area (Å²) in [5.41, 5.74) is 1.49. The molecule has 0 bridgehead atoms. The molecule has 0 saturated carbocycles. The molecule has 0 unspecified atom stereocenters. The van der Waals surface area contributed by atoms with Crippen LogP contribution in [0.2, 0.25) is 0 Å². The Kier molecular flexibility index (Phi) is 8.98. The number of hydrogen-bond acceptors (Lipinski definition) is 9. The number of hydrogen-bond donors (Lipinski definition) is 0. The Hall–Kier alpha value is -4.73. The van der Waals surface area contributed by atoms with E-state index in [-0.39, 0.29) is 47.8 Å². The molecule has 1 aromatic carbocycles. The van der Waals surface area contributed by atoms with E-state index in [0.29, 0.717) is 30.2 Å². The van der Waals surface area contributed by atoms with Gasteiger partial charge in [-0.15, -0.1) is 5.10 Å². The number of rotatable bonds is 9. The Morgan fingerprint density at radius 2 is 1.84 bits per heavy atom. The SMILES string of the molecule is C=N/N=C(\OCC(F)F)c1ccc(Cn2c(=O)oc3cc(-c4ccc(N5CCN(CC(F)(F)F)CC5)nc4)c(F)cc32)nc1. The Labute approximate surface area is 245 Å². The van der Waals surface area contributed by atoms with Crippen LogP contribution in [-0.4, -0.2) is 84.0 Å². The molecule has 0 atom stereocenters. The van der Waals surface area contributed by atoms with Crippen molar-refractivity contribution in [1.29, 1.82) is 0 Å². The fraction of sp³-hybridized carbons (Fsp3) is 0.321. The molecule has 44 heavy (non-hydrogen) atoms. The summed E-state index contributed by atoms with van der Waals surface area (Å²) in [4.78, 5) is 24.5. The van der Waals surface area contributed by atoms with E-state index in [2.05, 4.69) is 26.9 Å². The topological polar surface area (TPSA) is 101 Å². The van der Waals surface area contributed by atoms with Gasteiger partial charge in [-0.1, -0.05) is 0 Å². The number of pyridine rings is 2. The first kappa shape index (κ1) is 30.7. The highest BCUT2D eigenvalue weighted by Gasteiger charge is 2.32. The van der Waals surface area contributed by atoms with Crippen LogP contribution >= 0.6 is 0 Å². The first-order valence-electron chi connectivity index (χ1n) is 13.2. The number of nitrogens with zero attached hydrogens (tertiary/aromatic N) is 7. The normalized spacial score (nSPS) is 14.9. The van der Waals surface area contributed by atoms with Gasteiger partial charge in [0.1, 0.15) is 11.6 Å². The summed E-state index contributed by atoms with van der Waals surface area (Å²) >= 11 is 0. The molecule has 0 spiro atoms. The molecular formula is C28H25F6N7O3. The monoisotopic (exact) mass is 621 g/mol. The summed E-state index contributed by atoms with van der Waals surface area (Å²) in [6, 6.07) is 8.85. The smallest absolute Gasteiger partial charge is 0.420 e. The summed E-state index contributed by atoms with van der Waals surface area (Å²) in [5.74, 6) is -1.04. The van der Waals surface area contributed by atoms with Crippen LogP contribution in [0.15, 0.2) is 68.2 Å². The lowest BCUT2D eigenvalue weighted by Crippen LogP contribution is -2.49. The van der Waals surface area contributed by atoms with Gasteiger partial charge in [0.25, 0.3) is 6.43 Å². The van der Waals surface area contributed by atoms with Gasteiger partial charge in [0.05, 0.1) is 29.9 Å². The third-order valence-corrected chi connectivity index (χ3v) is 6.81. The van der Waals surface area contributed by atoms with Crippen molar-refractivity contribution in [2.45, 2.75) is 19.1 Å². The average molecular weight is 622 g/mol. The third kappa shape index (κ3) is 7.24. The molecule has 16 heteroatoms. The van der Waals surface area contributed by atoms with E-state index in [0.717, 1.165) is 6.07 Å². The molecule has 0 N–H and O–H groups in total. The quantitative estimate of drug-likeness (QED) is 0.117. The molecule has 1 aliphatic heterocycles. The van der Waals surface area contributed by atoms with Gasteiger partial charge in [-0.05, 0) is 30.3 Å². The predicted molar refractivity (Wildman–Crippen MR) is 150 cm³/mol. The first-order chi connectivity index (χ1) is 21.0. The number of anilines is 1. The van der Waals surface area contributed by atoms with Gasteiger partial charge >= 0.3 is 11.9 Å². The van der Waals surface area contributed by atoms with Crippen molar-refractivity contribution in [1.82, 2.24) is 19.4 Å². The zero-order chi connectivity index (χ0) is 31.4. The van der Waals surface area contributed by atoms with E-state index in [1.807, 2.05) is 4.90 Å². The third-order valence-electron chi connectivity index (χ3n) is 6.81. The lowest BCUT2D eigenvalue weighted by atomic mass is 10.1. The van der Waals surface area contributed by atoms with Crippen LogP contribution in [-0.2, 0) is 11.3 Å². The maximum atomic E-state index is 15.3. The minimum absolute atomic E-state index is 0.0819. The zero-order valence-corrected chi connectivity index (χ0v) is 23.0. The van der Waals surface area contributed by atoms with Crippen molar-refractivity contribution in [2.75, 3.05) is 44.2 Å². The van der Waals surface area contributed by atoms with Crippen LogP contribution in [0, 0.1) is 5.82 Å². The lowest BCUT2D eigenvalue weighted by Gasteiger charge is -2.35. The molecule has 10 nitrogen and oxygen atoms in total. The Morgan fingerprint density at radius 3 is 2.45 bits per heavy atom. The molecule has 232 valence electrons. The van der Waals surface area contributed by atoms with Gasteiger partial charge in [-0.2, -0.15) is 18.3 Å². The van der Waals surface area contributed by atoms with Crippen LogP contribution in [0.4, 0.5) is 32.2 Å².